The Hall–Kier alpha value is -5.36. The van der Waals surface area contributed by atoms with Crippen LogP contribution in [0.15, 0.2) is 97.5 Å². The molecule has 53 heavy (non-hydrogen) atoms. The fourth-order valence-electron chi connectivity index (χ4n) is 5.57. The maximum atomic E-state index is 14.0. The second-order valence-corrected chi connectivity index (χ2v) is 14.6. The molecule has 1 heterocycles. The van der Waals surface area contributed by atoms with Crippen molar-refractivity contribution in [1.82, 2.24) is 25.5 Å². The van der Waals surface area contributed by atoms with Crippen LogP contribution in [-0.2, 0) is 43.3 Å². The molecule has 2 unspecified atom stereocenters. The molecule has 11 nitrogen and oxygen atoms in total. The van der Waals surface area contributed by atoms with Gasteiger partial charge in [0, 0.05) is 25.1 Å². The first-order valence-electron chi connectivity index (χ1n) is 17.7. The van der Waals surface area contributed by atoms with E-state index in [1.807, 2.05) is 60.7 Å². The van der Waals surface area contributed by atoms with Crippen molar-refractivity contribution >= 4 is 23.7 Å². The first-order valence-corrected chi connectivity index (χ1v) is 17.7. The predicted octanol–water partition coefficient (Wildman–Crippen LogP) is 5.72. The van der Waals surface area contributed by atoms with E-state index in [1.165, 1.54) is 26.0 Å². The van der Waals surface area contributed by atoms with Crippen molar-refractivity contribution in [2.24, 2.45) is 5.92 Å². The Balaban J connectivity index is 1.46. The lowest BCUT2D eigenvalue weighted by molar-refractivity contribution is -0.134. The van der Waals surface area contributed by atoms with Gasteiger partial charge >= 0.3 is 6.09 Å². The number of halogens is 1. The number of aromatic nitrogens is 2. The van der Waals surface area contributed by atoms with Gasteiger partial charge in [-0.1, -0.05) is 79.7 Å². The molecular weight excluding hydrogens is 677 g/mol. The molecule has 4 rings (SSSR count). The molecule has 3 aromatic carbocycles. The molecule has 0 aliphatic carbocycles. The van der Waals surface area contributed by atoms with Gasteiger partial charge in [-0.25, -0.2) is 14.2 Å². The Labute approximate surface area is 310 Å². The standard InChI is InChI=1S/C41H50FN5O6/c1-28(36(48)34(26-52-25-30-13-9-7-10-14-30)45-38(50)41(5,6)46-39(51)53-40(2,3)4)23-33-24-47(27-44-33)35(31-15-11-8-12-16-31)37(49)43-22-21-29-17-19-32(42)20-18-29/h7-20,24,27-28,34-35H,21-23,25-26H2,1-6H3,(H,43,49)(H,45,50)(H,46,51)/t28?,34-,35?/m1/s1. The highest BCUT2D eigenvalue weighted by atomic mass is 19.1. The molecule has 0 radical (unpaired) electrons. The number of nitrogens with zero attached hydrogens (tertiary/aromatic N) is 2. The lowest BCUT2D eigenvalue weighted by atomic mass is 9.94. The summed E-state index contributed by atoms with van der Waals surface area (Å²) in [5.41, 5.74) is 0.957. The maximum absolute atomic E-state index is 14.0. The third kappa shape index (κ3) is 12.7. The van der Waals surface area contributed by atoms with Gasteiger partial charge in [-0.3, -0.25) is 14.4 Å². The minimum Gasteiger partial charge on any atom is -0.444 e. The van der Waals surface area contributed by atoms with Crippen molar-refractivity contribution in [2.45, 2.75) is 84.2 Å². The van der Waals surface area contributed by atoms with E-state index in [4.69, 9.17) is 9.47 Å². The Morgan fingerprint density at radius 2 is 1.51 bits per heavy atom. The third-order valence-corrected chi connectivity index (χ3v) is 8.37. The van der Waals surface area contributed by atoms with E-state index in [-0.39, 0.29) is 37.1 Å². The van der Waals surface area contributed by atoms with Crippen molar-refractivity contribution in [3.8, 4) is 0 Å². The summed E-state index contributed by atoms with van der Waals surface area (Å²) in [5, 5.41) is 8.36. The second-order valence-electron chi connectivity index (χ2n) is 14.6. The largest absolute Gasteiger partial charge is 0.444 e. The molecule has 0 saturated heterocycles. The third-order valence-electron chi connectivity index (χ3n) is 8.37. The highest BCUT2D eigenvalue weighted by Gasteiger charge is 2.35. The molecule has 0 aliphatic rings. The van der Waals surface area contributed by atoms with Crippen molar-refractivity contribution in [3.63, 3.8) is 0 Å². The van der Waals surface area contributed by atoms with Crippen LogP contribution in [0.5, 0.6) is 0 Å². The van der Waals surface area contributed by atoms with E-state index in [9.17, 15) is 23.6 Å². The summed E-state index contributed by atoms with van der Waals surface area (Å²) in [7, 11) is 0. The Kier molecular flexibility index (Phi) is 14.0. The molecule has 12 heteroatoms. The van der Waals surface area contributed by atoms with Gasteiger partial charge in [0.25, 0.3) is 0 Å². The molecule has 3 N–H and O–H groups in total. The van der Waals surface area contributed by atoms with Gasteiger partial charge in [0.15, 0.2) is 5.78 Å². The lowest BCUT2D eigenvalue weighted by Crippen LogP contribution is -2.59. The first-order chi connectivity index (χ1) is 25.1. The normalized spacial score (nSPS) is 13.3. The Morgan fingerprint density at radius 1 is 0.868 bits per heavy atom. The monoisotopic (exact) mass is 727 g/mol. The SMILES string of the molecule is CC(Cc1cn(C(C(=O)NCCc2ccc(F)cc2)c2ccccc2)cn1)C(=O)[C@@H](COCc1ccccc1)NC(=O)C(C)(C)NC(=O)OC(C)(C)C. The zero-order valence-corrected chi connectivity index (χ0v) is 31.2. The van der Waals surface area contributed by atoms with Gasteiger partial charge in [-0.2, -0.15) is 0 Å². The number of amides is 3. The number of hydrogen-bond donors (Lipinski definition) is 3. The number of benzene rings is 3. The van der Waals surface area contributed by atoms with Crippen molar-refractivity contribution in [1.29, 1.82) is 0 Å². The van der Waals surface area contributed by atoms with Crippen LogP contribution in [0.3, 0.4) is 0 Å². The number of nitrogens with one attached hydrogen (secondary N) is 3. The average molecular weight is 728 g/mol. The highest BCUT2D eigenvalue weighted by molar-refractivity contribution is 5.95. The topological polar surface area (TPSA) is 141 Å². The maximum Gasteiger partial charge on any atom is 0.408 e. The molecule has 1 aromatic heterocycles. The van der Waals surface area contributed by atoms with Gasteiger partial charge in [0.2, 0.25) is 11.8 Å². The van der Waals surface area contributed by atoms with Crippen molar-refractivity contribution in [2.75, 3.05) is 13.2 Å². The molecule has 0 bridgehead atoms. The van der Waals surface area contributed by atoms with Crippen LogP contribution in [0.4, 0.5) is 9.18 Å². The van der Waals surface area contributed by atoms with Gasteiger partial charge in [0.1, 0.15) is 29.0 Å². The number of ketones is 1. The molecule has 282 valence electrons. The van der Waals surface area contributed by atoms with Crippen LogP contribution in [0.2, 0.25) is 0 Å². The first kappa shape index (κ1) is 40.4. The summed E-state index contributed by atoms with van der Waals surface area (Å²) in [6.45, 7) is 10.4. The average Bonchev–Trinajstić information content (AvgIpc) is 3.55. The van der Waals surface area contributed by atoms with Crippen LogP contribution >= 0.6 is 0 Å². The van der Waals surface area contributed by atoms with E-state index in [0.29, 0.717) is 18.7 Å². The molecule has 3 atom stereocenters. The fourth-order valence-corrected chi connectivity index (χ4v) is 5.57. The number of carbonyl (C=O) groups excluding carboxylic acids is 4. The van der Waals surface area contributed by atoms with Gasteiger partial charge in [0.05, 0.1) is 25.2 Å². The van der Waals surface area contributed by atoms with Crippen LogP contribution in [0, 0.1) is 11.7 Å². The van der Waals surface area contributed by atoms with Crippen LogP contribution in [0.25, 0.3) is 0 Å². The summed E-state index contributed by atoms with van der Waals surface area (Å²) in [5.74, 6) is -2.04. The summed E-state index contributed by atoms with van der Waals surface area (Å²) in [6, 6.07) is 23.1. The molecule has 0 fully saturated rings. The van der Waals surface area contributed by atoms with E-state index < -0.39 is 41.1 Å². The summed E-state index contributed by atoms with van der Waals surface area (Å²) in [6.07, 6.45) is 3.30. The fraction of sp³-hybridized carbons (Fsp3) is 0.390. The zero-order valence-electron chi connectivity index (χ0n) is 31.2. The second kappa shape index (κ2) is 18.4. The molecule has 0 spiro atoms. The number of hydrogen-bond acceptors (Lipinski definition) is 7. The minimum absolute atomic E-state index is 0.102. The molecule has 4 aromatic rings. The van der Waals surface area contributed by atoms with E-state index >= 15 is 0 Å². The van der Waals surface area contributed by atoms with Crippen LogP contribution in [-0.4, -0.2) is 63.6 Å². The molecule has 0 saturated carbocycles. The number of imidazole rings is 1. The quantitative estimate of drug-likeness (QED) is 0.126. The molecular formula is C41H50FN5O6. The predicted molar refractivity (Wildman–Crippen MR) is 199 cm³/mol. The van der Waals surface area contributed by atoms with Crippen molar-refractivity contribution < 1.29 is 33.0 Å². The summed E-state index contributed by atoms with van der Waals surface area (Å²) in [4.78, 5) is 58.1. The zero-order chi connectivity index (χ0) is 38.6. The number of ether oxygens (including phenoxy) is 2. The Morgan fingerprint density at radius 3 is 2.15 bits per heavy atom. The number of Topliss-reactive ketones (excluding diaryl/α,β-unsaturated/α-hetero) is 1. The van der Waals surface area contributed by atoms with Crippen LogP contribution in [0.1, 0.15) is 70.0 Å². The van der Waals surface area contributed by atoms with Gasteiger partial charge in [-0.15, -0.1) is 0 Å². The van der Waals surface area contributed by atoms with E-state index in [2.05, 4.69) is 20.9 Å². The smallest absolute Gasteiger partial charge is 0.408 e. The Bertz CT molecular complexity index is 1810. The van der Waals surface area contributed by atoms with Crippen LogP contribution < -0.4 is 16.0 Å². The van der Waals surface area contributed by atoms with E-state index in [1.54, 1.807) is 56.9 Å². The molecule has 0 aliphatic heterocycles. The summed E-state index contributed by atoms with van der Waals surface area (Å²) < 4.78 is 26.3. The van der Waals surface area contributed by atoms with E-state index in [0.717, 1.165) is 16.7 Å². The lowest BCUT2D eigenvalue weighted by Gasteiger charge is -2.30. The number of carbonyl (C=O) groups is 4. The number of alkyl carbamates (subject to hydrolysis) is 1. The highest BCUT2D eigenvalue weighted by Crippen LogP contribution is 2.21. The molecule has 3 amide bonds. The van der Waals surface area contributed by atoms with Gasteiger partial charge < -0.3 is 30.0 Å². The summed E-state index contributed by atoms with van der Waals surface area (Å²) >= 11 is 0. The van der Waals surface area contributed by atoms with Crippen molar-refractivity contribution in [3.05, 3.63) is 126 Å². The minimum atomic E-state index is -1.41. The number of rotatable bonds is 17. The van der Waals surface area contributed by atoms with Gasteiger partial charge in [-0.05, 0) is 69.9 Å².